The minimum atomic E-state index is -0.166. The standard InChI is InChI=1S/C9H18O2.C4H10O.C2H6O2/c1-3-4-5-6-7-8-11-9(2)10;1-3-5-4-2;3-1-2-4/h3-8H2,1-2H3;3-4H2,1-2H3;3-4H,1-2H2. The Hall–Kier alpha value is -0.650. The van der Waals surface area contributed by atoms with Gasteiger partial charge in [-0.25, -0.2) is 0 Å². The Balaban J connectivity index is -0.000000266. The second-order valence-corrected chi connectivity index (χ2v) is 3.98. The third-order valence-corrected chi connectivity index (χ3v) is 2.06. The molecule has 2 N–H and O–H groups in total. The lowest BCUT2D eigenvalue weighted by Crippen LogP contribution is -1.99. The molecular formula is C15H34O5. The normalized spacial score (nSPS) is 8.90. The number of hydrogen-bond acceptors (Lipinski definition) is 5. The first-order chi connectivity index (χ1) is 9.60. The molecule has 0 saturated heterocycles. The van der Waals surface area contributed by atoms with Crippen LogP contribution in [0.25, 0.3) is 0 Å². The molecule has 0 fully saturated rings. The summed E-state index contributed by atoms with van der Waals surface area (Å²) < 4.78 is 9.62. The molecular weight excluding hydrogens is 260 g/mol. The number of unbranched alkanes of at least 4 members (excludes halogenated alkanes) is 4. The lowest BCUT2D eigenvalue weighted by atomic mass is 10.2. The topological polar surface area (TPSA) is 76.0 Å². The van der Waals surface area contributed by atoms with Gasteiger partial charge in [0.05, 0.1) is 19.8 Å². The molecule has 0 aliphatic carbocycles. The van der Waals surface area contributed by atoms with E-state index < -0.39 is 0 Å². The number of esters is 1. The highest BCUT2D eigenvalue weighted by Gasteiger charge is 1.92. The molecule has 0 heterocycles. The van der Waals surface area contributed by atoms with E-state index in [-0.39, 0.29) is 19.2 Å². The van der Waals surface area contributed by atoms with Gasteiger partial charge in [0, 0.05) is 20.1 Å². The van der Waals surface area contributed by atoms with E-state index in [9.17, 15) is 4.79 Å². The SMILES string of the molecule is CCCCCCCOC(C)=O.CCOCC.OCCO. The van der Waals surface area contributed by atoms with Gasteiger partial charge in [0.25, 0.3) is 0 Å². The number of aliphatic hydroxyl groups is 2. The number of ether oxygens (including phenoxy) is 2. The zero-order chi connectivity index (χ0) is 16.1. The van der Waals surface area contributed by atoms with Gasteiger partial charge in [-0.05, 0) is 20.3 Å². The molecule has 0 unspecified atom stereocenters. The number of rotatable bonds is 9. The average molecular weight is 294 g/mol. The Morgan fingerprint density at radius 3 is 1.70 bits per heavy atom. The van der Waals surface area contributed by atoms with Gasteiger partial charge in [-0.3, -0.25) is 4.79 Å². The van der Waals surface area contributed by atoms with Gasteiger partial charge in [0.2, 0.25) is 0 Å². The lowest BCUT2D eigenvalue weighted by molar-refractivity contribution is -0.141. The van der Waals surface area contributed by atoms with Gasteiger partial charge < -0.3 is 19.7 Å². The molecule has 0 rings (SSSR count). The first-order valence-corrected chi connectivity index (χ1v) is 7.53. The molecule has 20 heavy (non-hydrogen) atoms. The maximum absolute atomic E-state index is 10.3. The van der Waals surface area contributed by atoms with Crippen LogP contribution in [-0.2, 0) is 14.3 Å². The van der Waals surface area contributed by atoms with Crippen LogP contribution in [0, 0.1) is 0 Å². The fourth-order valence-electron chi connectivity index (χ4n) is 1.13. The van der Waals surface area contributed by atoms with Crippen molar-refractivity contribution in [2.75, 3.05) is 33.0 Å². The zero-order valence-electron chi connectivity index (χ0n) is 13.7. The maximum Gasteiger partial charge on any atom is 0.302 e. The fourth-order valence-corrected chi connectivity index (χ4v) is 1.13. The minimum Gasteiger partial charge on any atom is -0.466 e. The first-order valence-electron chi connectivity index (χ1n) is 7.53. The number of carbonyl (C=O) groups is 1. The van der Waals surface area contributed by atoms with Crippen molar-refractivity contribution < 1.29 is 24.5 Å². The molecule has 0 aromatic carbocycles. The molecule has 0 aliphatic rings. The van der Waals surface area contributed by atoms with E-state index in [4.69, 9.17) is 19.7 Å². The second kappa shape index (κ2) is 26.8. The fraction of sp³-hybridized carbons (Fsp3) is 0.933. The molecule has 5 heteroatoms. The van der Waals surface area contributed by atoms with Crippen molar-refractivity contribution in [1.29, 1.82) is 0 Å². The van der Waals surface area contributed by atoms with E-state index in [1.165, 1.54) is 32.6 Å². The van der Waals surface area contributed by atoms with E-state index in [1.54, 1.807) is 0 Å². The molecule has 0 aromatic heterocycles. The van der Waals surface area contributed by atoms with Crippen molar-refractivity contribution in [2.24, 2.45) is 0 Å². The summed E-state index contributed by atoms with van der Waals surface area (Å²) in [4.78, 5) is 10.3. The smallest absolute Gasteiger partial charge is 0.302 e. The van der Waals surface area contributed by atoms with Gasteiger partial charge in [0.1, 0.15) is 0 Å². The van der Waals surface area contributed by atoms with Crippen molar-refractivity contribution >= 4 is 5.97 Å². The highest BCUT2D eigenvalue weighted by Crippen LogP contribution is 2.02. The van der Waals surface area contributed by atoms with Gasteiger partial charge in [-0.15, -0.1) is 0 Å². The lowest BCUT2D eigenvalue weighted by Gasteiger charge is -2.00. The van der Waals surface area contributed by atoms with Gasteiger partial charge in [0.15, 0.2) is 0 Å². The Bertz CT molecular complexity index is 158. The molecule has 0 atom stereocenters. The quantitative estimate of drug-likeness (QED) is 0.505. The Morgan fingerprint density at radius 1 is 0.900 bits per heavy atom. The van der Waals surface area contributed by atoms with Gasteiger partial charge >= 0.3 is 5.97 Å². The predicted octanol–water partition coefficient (Wildman–Crippen LogP) is 2.53. The molecule has 0 aromatic rings. The largest absolute Gasteiger partial charge is 0.466 e. The van der Waals surface area contributed by atoms with Crippen LogP contribution in [0.3, 0.4) is 0 Å². The molecule has 124 valence electrons. The first kappa shape index (κ1) is 24.4. The molecule has 0 bridgehead atoms. The van der Waals surface area contributed by atoms with Crippen molar-refractivity contribution in [3.8, 4) is 0 Å². The van der Waals surface area contributed by atoms with Gasteiger partial charge in [-0.2, -0.15) is 0 Å². The third kappa shape index (κ3) is 43.3. The highest BCUT2D eigenvalue weighted by molar-refractivity contribution is 5.65. The van der Waals surface area contributed by atoms with Crippen molar-refractivity contribution in [3.63, 3.8) is 0 Å². The Labute approximate surface area is 124 Å². The zero-order valence-corrected chi connectivity index (χ0v) is 13.7. The van der Waals surface area contributed by atoms with Crippen LogP contribution in [-0.4, -0.2) is 49.2 Å². The molecule has 0 amide bonds. The van der Waals surface area contributed by atoms with E-state index in [2.05, 4.69) is 6.92 Å². The summed E-state index contributed by atoms with van der Waals surface area (Å²) in [5.74, 6) is -0.166. The summed E-state index contributed by atoms with van der Waals surface area (Å²) in [7, 11) is 0. The van der Waals surface area contributed by atoms with Crippen LogP contribution in [0.15, 0.2) is 0 Å². The summed E-state index contributed by atoms with van der Waals surface area (Å²) in [6.45, 7) is 9.65. The Morgan fingerprint density at radius 2 is 1.40 bits per heavy atom. The number of hydrogen-bond donors (Lipinski definition) is 2. The summed E-state index contributed by atoms with van der Waals surface area (Å²) in [6.07, 6.45) is 6.01. The van der Waals surface area contributed by atoms with Crippen LogP contribution in [0.2, 0.25) is 0 Å². The second-order valence-electron chi connectivity index (χ2n) is 3.98. The summed E-state index contributed by atoms with van der Waals surface area (Å²) in [5, 5.41) is 15.2. The molecule has 0 spiro atoms. The number of aliphatic hydroxyl groups excluding tert-OH is 2. The van der Waals surface area contributed by atoms with Crippen LogP contribution in [0.1, 0.15) is 59.8 Å². The van der Waals surface area contributed by atoms with Gasteiger partial charge in [-0.1, -0.05) is 32.6 Å². The summed E-state index contributed by atoms with van der Waals surface area (Å²) in [6, 6.07) is 0. The van der Waals surface area contributed by atoms with E-state index >= 15 is 0 Å². The molecule has 0 saturated carbocycles. The van der Waals surface area contributed by atoms with Crippen LogP contribution in [0.5, 0.6) is 0 Å². The minimum absolute atomic E-state index is 0.125. The van der Waals surface area contributed by atoms with E-state index in [1.807, 2.05) is 13.8 Å². The number of carbonyl (C=O) groups excluding carboxylic acids is 1. The molecule has 0 radical (unpaired) electrons. The van der Waals surface area contributed by atoms with Crippen LogP contribution < -0.4 is 0 Å². The highest BCUT2D eigenvalue weighted by atomic mass is 16.5. The van der Waals surface area contributed by atoms with Crippen molar-refractivity contribution in [1.82, 2.24) is 0 Å². The van der Waals surface area contributed by atoms with E-state index in [0.717, 1.165) is 19.6 Å². The van der Waals surface area contributed by atoms with E-state index in [0.29, 0.717) is 6.61 Å². The monoisotopic (exact) mass is 294 g/mol. The average Bonchev–Trinajstić information content (AvgIpc) is 2.44. The molecule has 0 aliphatic heterocycles. The Kier molecular flexibility index (Phi) is 32.7. The van der Waals surface area contributed by atoms with Crippen molar-refractivity contribution in [2.45, 2.75) is 59.8 Å². The third-order valence-electron chi connectivity index (χ3n) is 2.06. The molecule has 5 nitrogen and oxygen atoms in total. The summed E-state index contributed by atoms with van der Waals surface area (Å²) in [5.41, 5.74) is 0. The van der Waals surface area contributed by atoms with Crippen LogP contribution >= 0.6 is 0 Å². The van der Waals surface area contributed by atoms with Crippen molar-refractivity contribution in [3.05, 3.63) is 0 Å². The predicted molar refractivity (Wildman–Crippen MR) is 81.7 cm³/mol. The van der Waals surface area contributed by atoms with Crippen LogP contribution in [0.4, 0.5) is 0 Å². The summed E-state index contributed by atoms with van der Waals surface area (Å²) >= 11 is 0. The maximum atomic E-state index is 10.3.